The van der Waals surface area contributed by atoms with Gasteiger partial charge < -0.3 is 14.6 Å². The van der Waals surface area contributed by atoms with E-state index in [1.807, 2.05) is 20.8 Å². The summed E-state index contributed by atoms with van der Waals surface area (Å²) in [6.07, 6.45) is -3.54. The Bertz CT molecular complexity index is 467. The number of halogens is 3. The molecule has 2 heterocycles. The molecule has 0 aliphatic carbocycles. The van der Waals surface area contributed by atoms with E-state index < -0.39 is 12.1 Å². The monoisotopic (exact) mass is 306 g/mol. The van der Waals surface area contributed by atoms with Gasteiger partial charge in [0.1, 0.15) is 0 Å². The van der Waals surface area contributed by atoms with Gasteiger partial charge in [0.25, 0.3) is 0 Å². The van der Waals surface area contributed by atoms with Crippen LogP contribution in [0, 0.1) is 5.92 Å². The van der Waals surface area contributed by atoms with Crippen LogP contribution in [0.15, 0.2) is 4.42 Å². The fourth-order valence-corrected chi connectivity index (χ4v) is 2.20. The smallest absolute Gasteiger partial charge is 0.393 e. The number of aromatic nitrogens is 2. The molecule has 120 valence electrons. The Morgan fingerprint density at radius 3 is 2.62 bits per heavy atom. The van der Waals surface area contributed by atoms with E-state index in [1.54, 1.807) is 0 Å². The van der Waals surface area contributed by atoms with Crippen LogP contribution in [0.5, 0.6) is 0 Å². The highest BCUT2D eigenvalue weighted by atomic mass is 19.4. The molecule has 2 rings (SSSR count). The molecule has 1 atom stereocenters. The van der Waals surface area contributed by atoms with Crippen molar-refractivity contribution >= 4 is 6.01 Å². The molecule has 1 unspecified atom stereocenters. The lowest BCUT2D eigenvalue weighted by Gasteiger charge is -2.32. The minimum absolute atomic E-state index is 0.0961. The maximum atomic E-state index is 12.8. The third-order valence-corrected chi connectivity index (χ3v) is 3.38. The zero-order valence-electron chi connectivity index (χ0n) is 12.5. The second-order valence-corrected chi connectivity index (χ2v) is 6.41. The van der Waals surface area contributed by atoms with Crippen molar-refractivity contribution in [1.82, 2.24) is 15.5 Å². The zero-order valence-corrected chi connectivity index (χ0v) is 12.5. The zero-order chi connectivity index (χ0) is 15.7. The maximum Gasteiger partial charge on any atom is 0.393 e. The Hall–Kier alpha value is -1.31. The van der Waals surface area contributed by atoms with Crippen LogP contribution < -0.4 is 10.2 Å². The summed E-state index contributed by atoms with van der Waals surface area (Å²) in [6.45, 7) is 6.81. The molecule has 1 N–H and O–H groups in total. The van der Waals surface area contributed by atoms with Crippen molar-refractivity contribution < 1.29 is 17.6 Å². The molecule has 1 saturated heterocycles. The fraction of sp³-hybridized carbons (Fsp3) is 0.846. The molecule has 0 bridgehead atoms. The number of rotatable bonds is 3. The molecule has 8 heteroatoms. The summed E-state index contributed by atoms with van der Waals surface area (Å²) in [5.41, 5.74) is -0.0961. The Labute approximate surface area is 121 Å². The summed E-state index contributed by atoms with van der Waals surface area (Å²) in [6, 6.07) is 0.176. The van der Waals surface area contributed by atoms with Crippen LogP contribution in [-0.4, -0.2) is 35.0 Å². The van der Waals surface area contributed by atoms with Crippen molar-refractivity contribution in [2.75, 3.05) is 18.0 Å². The normalized spacial score (nSPS) is 20.9. The molecule has 1 aromatic heterocycles. The number of hydrogen-bond donors (Lipinski definition) is 1. The quantitative estimate of drug-likeness (QED) is 0.930. The van der Waals surface area contributed by atoms with E-state index in [2.05, 4.69) is 15.5 Å². The number of nitrogens with one attached hydrogen (secondary N) is 1. The molecule has 1 aromatic rings. The van der Waals surface area contributed by atoms with E-state index in [-0.39, 0.29) is 24.5 Å². The van der Waals surface area contributed by atoms with Crippen molar-refractivity contribution in [3.63, 3.8) is 0 Å². The van der Waals surface area contributed by atoms with Gasteiger partial charge in [0.05, 0.1) is 12.5 Å². The SMILES string of the molecule is CC(C)(C)NCc1nnc(N2CCCC(C(F)(F)F)C2)o1. The van der Waals surface area contributed by atoms with Gasteiger partial charge in [-0.25, -0.2) is 0 Å². The van der Waals surface area contributed by atoms with Gasteiger partial charge in [0.15, 0.2) is 0 Å². The van der Waals surface area contributed by atoms with Gasteiger partial charge >= 0.3 is 12.2 Å². The van der Waals surface area contributed by atoms with Crippen LogP contribution in [0.3, 0.4) is 0 Å². The molecule has 0 saturated carbocycles. The number of nitrogens with zero attached hydrogens (tertiary/aromatic N) is 3. The van der Waals surface area contributed by atoms with Crippen LogP contribution >= 0.6 is 0 Å². The number of alkyl halides is 3. The summed E-state index contributed by atoms with van der Waals surface area (Å²) in [4.78, 5) is 1.52. The minimum atomic E-state index is -4.17. The second kappa shape index (κ2) is 5.82. The van der Waals surface area contributed by atoms with Crippen molar-refractivity contribution in [3.8, 4) is 0 Å². The molecule has 0 spiro atoms. The summed E-state index contributed by atoms with van der Waals surface area (Å²) < 4.78 is 43.8. The van der Waals surface area contributed by atoms with Gasteiger partial charge in [-0.3, -0.25) is 0 Å². The standard InChI is InChI=1S/C13H21F3N4O/c1-12(2,3)17-7-10-18-19-11(21-10)20-6-4-5-9(8-20)13(14,15)16/h9,17H,4-8H2,1-3H3. The third kappa shape index (κ3) is 4.59. The van der Waals surface area contributed by atoms with Crippen LogP contribution in [-0.2, 0) is 6.54 Å². The maximum absolute atomic E-state index is 12.8. The van der Waals surface area contributed by atoms with Gasteiger partial charge in [-0.15, -0.1) is 5.10 Å². The summed E-state index contributed by atoms with van der Waals surface area (Å²) >= 11 is 0. The Kier molecular flexibility index (Phi) is 4.46. The molecule has 1 aliphatic rings. The van der Waals surface area contributed by atoms with Crippen molar-refractivity contribution in [1.29, 1.82) is 0 Å². The van der Waals surface area contributed by atoms with Crippen LogP contribution in [0.25, 0.3) is 0 Å². The highest BCUT2D eigenvalue weighted by Gasteiger charge is 2.42. The summed E-state index contributed by atoms with van der Waals surface area (Å²) in [5.74, 6) is -0.941. The van der Waals surface area contributed by atoms with Crippen LogP contribution in [0.2, 0.25) is 0 Å². The van der Waals surface area contributed by atoms with Gasteiger partial charge in [-0.2, -0.15) is 13.2 Å². The molecular formula is C13H21F3N4O. The molecule has 1 fully saturated rings. The first-order valence-electron chi connectivity index (χ1n) is 7.04. The van der Waals surface area contributed by atoms with Gasteiger partial charge in [0.2, 0.25) is 5.89 Å². The largest absolute Gasteiger partial charge is 0.407 e. The van der Waals surface area contributed by atoms with E-state index in [9.17, 15) is 13.2 Å². The number of hydrogen-bond acceptors (Lipinski definition) is 5. The molecule has 0 aromatic carbocycles. The van der Waals surface area contributed by atoms with Crippen molar-refractivity contribution in [3.05, 3.63) is 5.89 Å². The Morgan fingerprint density at radius 2 is 2.00 bits per heavy atom. The summed E-state index contributed by atoms with van der Waals surface area (Å²) in [5, 5.41) is 10.9. The van der Waals surface area contributed by atoms with E-state index in [1.165, 1.54) is 4.90 Å². The van der Waals surface area contributed by atoms with Crippen LogP contribution in [0.1, 0.15) is 39.5 Å². The fourth-order valence-electron chi connectivity index (χ4n) is 2.20. The van der Waals surface area contributed by atoms with Gasteiger partial charge in [-0.05, 0) is 33.6 Å². The van der Waals surface area contributed by atoms with Crippen LogP contribution in [0.4, 0.5) is 19.2 Å². The molecular weight excluding hydrogens is 285 g/mol. The predicted molar refractivity (Wildman–Crippen MR) is 71.9 cm³/mol. The highest BCUT2D eigenvalue weighted by Crippen LogP contribution is 2.34. The van der Waals surface area contributed by atoms with E-state index in [4.69, 9.17) is 4.42 Å². The number of anilines is 1. The third-order valence-electron chi connectivity index (χ3n) is 3.38. The Balaban J connectivity index is 1.97. The van der Waals surface area contributed by atoms with E-state index in [0.717, 1.165) is 0 Å². The Morgan fingerprint density at radius 1 is 1.29 bits per heavy atom. The van der Waals surface area contributed by atoms with Crippen molar-refractivity contribution in [2.24, 2.45) is 5.92 Å². The average molecular weight is 306 g/mol. The topological polar surface area (TPSA) is 54.2 Å². The molecule has 21 heavy (non-hydrogen) atoms. The molecule has 1 aliphatic heterocycles. The lowest BCUT2D eigenvalue weighted by molar-refractivity contribution is -0.176. The first-order chi connectivity index (χ1) is 9.65. The first-order valence-corrected chi connectivity index (χ1v) is 7.04. The minimum Gasteiger partial charge on any atom is -0.407 e. The average Bonchev–Trinajstić information content (AvgIpc) is 2.83. The lowest BCUT2D eigenvalue weighted by Crippen LogP contribution is -2.41. The molecule has 5 nitrogen and oxygen atoms in total. The molecule has 0 amide bonds. The van der Waals surface area contributed by atoms with Crippen molar-refractivity contribution in [2.45, 2.75) is 51.9 Å². The molecule has 0 radical (unpaired) electrons. The highest BCUT2D eigenvalue weighted by molar-refractivity contribution is 5.25. The van der Waals surface area contributed by atoms with Gasteiger partial charge in [-0.1, -0.05) is 5.10 Å². The van der Waals surface area contributed by atoms with Gasteiger partial charge in [0, 0.05) is 18.6 Å². The van der Waals surface area contributed by atoms with E-state index in [0.29, 0.717) is 25.4 Å². The first kappa shape index (κ1) is 16.1. The van der Waals surface area contributed by atoms with E-state index >= 15 is 0 Å². The number of piperidine rings is 1. The summed E-state index contributed by atoms with van der Waals surface area (Å²) in [7, 11) is 0. The predicted octanol–water partition coefficient (Wildman–Crippen LogP) is 2.74. The lowest BCUT2D eigenvalue weighted by atomic mass is 9.98. The second-order valence-electron chi connectivity index (χ2n) is 6.41.